The molecular weight excluding hydrogens is 210 g/mol. The lowest BCUT2D eigenvalue weighted by molar-refractivity contribution is -0.671. The summed E-state index contributed by atoms with van der Waals surface area (Å²) < 4.78 is 4.47. The first-order valence-electron chi connectivity index (χ1n) is 6.14. The van der Waals surface area contributed by atoms with Crippen molar-refractivity contribution >= 4 is 11.0 Å². The van der Waals surface area contributed by atoms with Crippen LogP contribution in [-0.2, 0) is 6.54 Å². The quantitative estimate of drug-likeness (QED) is 0.741. The SMILES string of the molecule is CCC(C)n1c[n+](CCC#N)c2ccccc21. The maximum Gasteiger partial charge on any atom is 0.244 e. The monoisotopic (exact) mass is 228 g/mol. The Morgan fingerprint density at radius 3 is 2.88 bits per heavy atom. The highest BCUT2D eigenvalue weighted by atomic mass is 15.1. The third-order valence-corrected chi connectivity index (χ3v) is 3.26. The van der Waals surface area contributed by atoms with Crippen molar-refractivity contribution in [1.82, 2.24) is 4.57 Å². The van der Waals surface area contributed by atoms with Crippen molar-refractivity contribution in [3.63, 3.8) is 0 Å². The fourth-order valence-electron chi connectivity index (χ4n) is 2.10. The van der Waals surface area contributed by atoms with Crippen molar-refractivity contribution in [3.8, 4) is 6.07 Å². The first-order valence-corrected chi connectivity index (χ1v) is 6.14. The molecule has 3 nitrogen and oxygen atoms in total. The fraction of sp³-hybridized carbons (Fsp3) is 0.429. The Labute approximate surface area is 102 Å². The molecule has 2 aromatic rings. The van der Waals surface area contributed by atoms with Gasteiger partial charge in [-0.1, -0.05) is 19.1 Å². The molecule has 0 spiro atoms. The zero-order valence-electron chi connectivity index (χ0n) is 10.4. The molecule has 1 unspecified atom stereocenters. The standard InChI is InChI=1S/C14H18N3/c1-3-12(2)17-11-16(10-6-9-15)13-7-4-5-8-14(13)17/h4-5,7-8,11-12H,3,6,10H2,1-2H3/q+1. The van der Waals surface area contributed by atoms with Crippen LogP contribution in [0.15, 0.2) is 30.6 Å². The third kappa shape index (κ3) is 2.16. The van der Waals surface area contributed by atoms with Crippen LogP contribution in [0.1, 0.15) is 32.7 Å². The molecular formula is C14H18N3+. The zero-order chi connectivity index (χ0) is 12.3. The molecule has 0 saturated carbocycles. The number of hydrogen-bond acceptors (Lipinski definition) is 1. The highest BCUT2D eigenvalue weighted by Gasteiger charge is 2.17. The molecule has 17 heavy (non-hydrogen) atoms. The van der Waals surface area contributed by atoms with E-state index < -0.39 is 0 Å². The Hall–Kier alpha value is -1.82. The molecule has 0 N–H and O–H groups in total. The van der Waals surface area contributed by atoms with E-state index in [2.05, 4.69) is 53.6 Å². The number of nitriles is 1. The highest BCUT2D eigenvalue weighted by molar-refractivity contribution is 5.71. The van der Waals surface area contributed by atoms with Crippen molar-refractivity contribution in [2.45, 2.75) is 39.3 Å². The Bertz CT molecular complexity index is 548. The Morgan fingerprint density at radius 2 is 2.18 bits per heavy atom. The molecule has 1 aromatic heterocycles. The van der Waals surface area contributed by atoms with Crippen LogP contribution in [0.4, 0.5) is 0 Å². The highest BCUT2D eigenvalue weighted by Crippen LogP contribution is 2.18. The summed E-state index contributed by atoms with van der Waals surface area (Å²) in [6.45, 7) is 5.18. The summed E-state index contributed by atoms with van der Waals surface area (Å²) in [4.78, 5) is 0. The maximum atomic E-state index is 8.69. The van der Waals surface area contributed by atoms with Crippen molar-refractivity contribution in [3.05, 3.63) is 30.6 Å². The minimum Gasteiger partial charge on any atom is -0.229 e. The average molecular weight is 228 g/mol. The van der Waals surface area contributed by atoms with Gasteiger partial charge in [0.25, 0.3) is 0 Å². The Kier molecular flexibility index (Phi) is 3.43. The predicted octanol–water partition coefficient (Wildman–Crippen LogP) is 2.81. The zero-order valence-corrected chi connectivity index (χ0v) is 10.4. The smallest absolute Gasteiger partial charge is 0.229 e. The Balaban J connectivity index is 2.51. The average Bonchev–Trinajstić information content (AvgIpc) is 2.74. The molecule has 1 aromatic carbocycles. The van der Waals surface area contributed by atoms with Gasteiger partial charge in [-0.25, -0.2) is 9.13 Å². The number of benzene rings is 1. The van der Waals surface area contributed by atoms with Crippen LogP contribution in [0.2, 0.25) is 0 Å². The second-order valence-corrected chi connectivity index (χ2v) is 4.37. The van der Waals surface area contributed by atoms with Gasteiger partial charge in [-0.3, -0.25) is 0 Å². The second-order valence-electron chi connectivity index (χ2n) is 4.37. The molecule has 88 valence electrons. The summed E-state index contributed by atoms with van der Waals surface area (Å²) in [6.07, 6.45) is 3.80. The molecule has 1 heterocycles. The summed E-state index contributed by atoms with van der Waals surface area (Å²) in [6, 6.07) is 11.1. The molecule has 3 heteroatoms. The van der Waals surface area contributed by atoms with E-state index >= 15 is 0 Å². The predicted molar refractivity (Wildman–Crippen MR) is 67.4 cm³/mol. The molecule has 0 amide bonds. The van der Waals surface area contributed by atoms with E-state index in [0.29, 0.717) is 12.5 Å². The second kappa shape index (κ2) is 5.01. The Morgan fingerprint density at radius 1 is 1.41 bits per heavy atom. The minimum atomic E-state index is 0.489. The molecule has 0 radical (unpaired) electrons. The lowest BCUT2D eigenvalue weighted by Gasteiger charge is -2.03. The van der Waals surface area contributed by atoms with Gasteiger partial charge in [-0.05, 0) is 25.5 Å². The number of rotatable bonds is 4. The van der Waals surface area contributed by atoms with Crippen LogP contribution in [0.25, 0.3) is 11.0 Å². The normalized spacial score (nSPS) is 12.5. The van der Waals surface area contributed by atoms with E-state index in [-0.39, 0.29) is 0 Å². The van der Waals surface area contributed by atoms with Crippen LogP contribution in [-0.4, -0.2) is 4.57 Å². The molecule has 0 fully saturated rings. The minimum absolute atomic E-state index is 0.489. The van der Waals surface area contributed by atoms with Gasteiger partial charge in [0, 0.05) is 0 Å². The summed E-state index contributed by atoms with van der Waals surface area (Å²) in [5, 5.41) is 8.69. The van der Waals surface area contributed by atoms with Crippen LogP contribution in [0.3, 0.4) is 0 Å². The van der Waals surface area contributed by atoms with Gasteiger partial charge < -0.3 is 0 Å². The van der Waals surface area contributed by atoms with Crippen molar-refractivity contribution in [2.24, 2.45) is 0 Å². The summed E-state index contributed by atoms with van der Waals surface area (Å²) >= 11 is 0. The van der Waals surface area contributed by atoms with Crippen LogP contribution in [0.5, 0.6) is 0 Å². The van der Waals surface area contributed by atoms with E-state index in [4.69, 9.17) is 5.26 Å². The van der Waals surface area contributed by atoms with Crippen molar-refractivity contribution in [1.29, 1.82) is 5.26 Å². The van der Waals surface area contributed by atoms with Crippen molar-refractivity contribution < 1.29 is 4.57 Å². The van der Waals surface area contributed by atoms with Crippen LogP contribution < -0.4 is 4.57 Å². The summed E-state index contributed by atoms with van der Waals surface area (Å²) in [7, 11) is 0. The van der Waals surface area contributed by atoms with Gasteiger partial charge >= 0.3 is 0 Å². The van der Waals surface area contributed by atoms with Gasteiger partial charge in [0.15, 0.2) is 11.0 Å². The van der Waals surface area contributed by atoms with Gasteiger partial charge in [0.05, 0.1) is 18.5 Å². The van der Waals surface area contributed by atoms with Crippen LogP contribution in [0, 0.1) is 11.3 Å². The lowest BCUT2D eigenvalue weighted by atomic mass is 10.2. The van der Waals surface area contributed by atoms with Gasteiger partial charge in [-0.15, -0.1) is 0 Å². The summed E-state index contributed by atoms with van der Waals surface area (Å²) in [5.41, 5.74) is 2.46. The molecule has 0 saturated heterocycles. The number of imidazole rings is 1. The van der Waals surface area contributed by atoms with E-state index in [1.165, 1.54) is 11.0 Å². The summed E-state index contributed by atoms with van der Waals surface area (Å²) in [5.74, 6) is 0. The molecule has 0 aliphatic carbocycles. The lowest BCUT2D eigenvalue weighted by Crippen LogP contribution is -2.32. The molecule has 2 rings (SSSR count). The number of para-hydroxylation sites is 2. The first kappa shape index (κ1) is 11.7. The van der Waals surface area contributed by atoms with Gasteiger partial charge in [-0.2, -0.15) is 5.26 Å². The maximum absolute atomic E-state index is 8.69. The van der Waals surface area contributed by atoms with Gasteiger partial charge in [0.2, 0.25) is 6.33 Å². The van der Waals surface area contributed by atoms with Crippen molar-refractivity contribution in [2.75, 3.05) is 0 Å². The fourth-order valence-corrected chi connectivity index (χ4v) is 2.10. The number of aromatic nitrogens is 2. The van der Waals surface area contributed by atoms with E-state index in [1.807, 2.05) is 6.07 Å². The topological polar surface area (TPSA) is 32.6 Å². The third-order valence-electron chi connectivity index (χ3n) is 3.26. The number of aryl methyl sites for hydroxylation is 1. The molecule has 0 aliphatic rings. The van der Waals surface area contributed by atoms with E-state index in [9.17, 15) is 0 Å². The number of hydrogen-bond donors (Lipinski definition) is 0. The molecule has 0 aliphatic heterocycles. The first-order chi connectivity index (χ1) is 8.27. The van der Waals surface area contributed by atoms with Gasteiger partial charge in [0.1, 0.15) is 6.54 Å². The van der Waals surface area contributed by atoms with E-state index in [0.717, 1.165) is 13.0 Å². The molecule has 0 bridgehead atoms. The van der Waals surface area contributed by atoms with E-state index in [1.54, 1.807) is 0 Å². The number of fused-ring (bicyclic) bond motifs is 1. The number of nitrogens with zero attached hydrogens (tertiary/aromatic N) is 3. The van der Waals surface area contributed by atoms with Crippen LogP contribution >= 0.6 is 0 Å². The largest absolute Gasteiger partial charge is 0.244 e. The molecule has 1 atom stereocenters.